The summed E-state index contributed by atoms with van der Waals surface area (Å²) in [6.07, 6.45) is 0. The van der Waals surface area contributed by atoms with Gasteiger partial charge < -0.3 is 0 Å². The Morgan fingerprint density at radius 3 is 2.14 bits per heavy atom. The summed E-state index contributed by atoms with van der Waals surface area (Å²) < 4.78 is 22.9. The van der Waals surface area contributed by atoms with Crippen LogP contribution in [0.4, 0.5) is 0 Å². The van der Waals surface area contributed by atoms with Crippen LogP contribution in [0.25, 0.3) is 0 Å². The second kappa shape index (κ2) is 3.95. The van der Waals surface area contributed by atoms with Crippen LogP contribution in [0.3, 0.4) is 0 Å². The van der Waals surface area contributed by atoms with E-state index < -0.39 is 60.6 Å². The fraction of sp³-hybridized carbons (Fsp3) is 0. The summed E-state index contributed by atoms with van der Waals surface area (Å²) in [7, 11) is 0. The Bertz CT molecular complexity index is 51.7. The van der Waals surface area contributed by atoms with E-state index in [-0.39, 0.29) is 0 Å². The summed E-state index contributed by atoms with van der Waals surface area (Å²) in [5, 5.41) is 0. The third-order valence-electron chi connectivity index (χ3n) is 0.273. The van der Waals surface area contributed by atoms with Crippen molar-refractivity contribution in [1.82, 2.24) is 0 Å². The third kappa shape index (κ3) is 2.91. The third-order valence-corrected chi connectivity index (χ3v) is 10.2. The normalized spacial score (nSPS) is 25.3. The monoisotopic (exact) mass is 382 g/mol. The van der Waals surface area contributed by atoms with Gasteiger partial charge in [0, 0.05) is 0 Å². The van der Waals surface area contributed by atoms with Crippen molar-refractivity contribution < 1.29 is 9.40 Å². The molecule has 0 aliphatic carbocycles. The first kappa shape index (κ1) is 7.15. The van der Waals surface area contributed by atoms with Gasteiger partial charge in [-0.2, -0.15) is 0 Å². The fourth-order valence-electron chi connectivity index (χ4n) is 0.115. The molecule has 1 aliphatic heterocycles. The quantitative estimate of drug-likeness (QED) is 0.497. The van der Waals surface area contributed by atoms with Crippen molar-refractivity contribution in [2.45, 2.75) is 0 Å². The predicted molar refractivity (Wildman–Crippen MR) is 22.7 cm³/mol. The number of hydrogen-bond acceptors (Lipinski definition) is 4. The molecule has 2 radical (unpaired) electrons. The van der Waals surface area contributed by atoms with Gasteiger partial charge >= 0.3 is 70.0 Å². The minimum atomic E-state index is -2.14. The van der Waals surface area contributed by atoms with Crippen LogP contribution in [0, 0.1) is 0 Å². The van der Waals surface area contributed by atoms with Gasteiger partial charge in [0.2, 0.25) is 0 Å². The average molecular weight is 383 g/mol. The van der Waals surface area contributed by atoms with Crippen LogP contribution >= 0.6 is 0 Å². The van der Waals surface area contributed by atoms with Crippen molar-refractivity contribution >= 4 is 60.6 Å². The molecule has 0 aromatic carbocycles. The average Bonchev–Trinajstić information content (AvgIpc) is 1.69. The van der Waals surface area contributed by atoms with E-state index in [2.05, 4.69) is 0 Å². The summed E-state index contributed by atoms with van der Waals surface area (Å²) in [4.78, 5) is 0. The summed E-state index contributed by atoms with van der Waals surface area (Å²) in [6, 6.07) is 0. The van der Waals surface area contributed by atoms with Gasteiger partial charge in [-0.25, -0.2) is 0 Å². The summed E-state index contributed by atoms with van der Waals surface area (Å²) in [6.45, 7) is 0. The topological polar surface area (TPSA) is 47.9 Å². The van der Waals surface area contributed by atoms with Gasteiger partial charge in [0.1, 0.15) is 0 Å². The van der Waals surface area contributed by atoms with Crippen LogP contribution in [0.15, 0.2) is 0 Å². The van der Waals surface area contributed by atoms with Crippen LogP contribution in [0.1, 0.15) is 0 Å². The van der Waals surface area contributed by atoms with Crippen LogP contribution in [0.2, 0.25) is 0 Å². The van der Waals surface area contributed by atoms with E-state index in [4.69, 9.17) is 9.40 Å². The molecule has 0 atom stereocenters. The molecule has 0 saturated carbocycles. The number of rotatable bonds is 0. The van der Waals surface area contributed by atoms with Gasteiger partial charge in [-0.3, -0.25) is 0 Å². The molecule has 0 aromatic rings. The molecule has 1 aliphatic rings. The first-order valence-electron chi connectivity index (χ1n) is 1.30. The molecular formula is HAsO4Sb2. The molecule has 4 nitrogen and oxygen atoms in total. The van der Waals surface area contributed by atoms with Crippen molar-refractivity contribution in [3.63, 3.8) is 0 Å². The van der Waals surface area contributed by atoms with E-state index in [0.29, 0.717) is 0 Å². The molecule has 7 heavy (non-hydrogen) atoms. The maximum absolute atomic E-state index is 8.61. The molecule has 0 unspecified atom stereocenters. The van der Waals surface area contributed by atoms with Crippen molar-refractivity contribution in [2.24, 2.45) is 0 Å². The molecule has 7 heteroatoms. The second-order valence-corrected chi connectivity index (χ2v) is 11.6. The summed E-state index contributed by atoms with van der Waals surface area (Å²) in [5.41, 5.74) is 0. The maximum atomic E-state index is 8.61. The van der Waals surface area contributed by atoms with E-state index in [1.54, 1.807) is 0 Å². The molecule has 0 aromatic heterocycles. The van der Waals surface area contributed by atoms with Crippen molar-refractivity contribution in [3.05, 3.63) is 0 Å². The number of hydrogen-bond donors (Lipinski definition) is 1. The molecule has 0 bridgehead atoms. The Morgan fingerprint density at radius 2 is 1.86 bits per heavy atom. The van der Waals surface area contributed by atoms with E-state index >= 15 is 0 Å². The van der Waals surface area contributed by atoms with Gasteiger partial charge in [0.25, 0.3) is 0 Å². The van der Waals surface area contributed by atoms with Gasteiger partial charge in [-0.1, -0.05) is 0 Å². The van der Waals surface area contributed by atoms with Crippen LogP contribution < -0.4 is 0 Å². The molecule has 1 fully saturated rings. The zero-order valence-electron chi connectivity index (χ0n) is 3.01. The Hall–Kier alpha value is 2.03. The first-order valence-corrected chi connectivity index (χ1v) is 7.84. The van der Waals surface area contributed by atoms with E-state index in [0.717, 1.165) is 0 Å². The molecule has 0 amide bonds. The van der Waals surface area contributed by atoms with Gasteiger partial charge in [-0.15, -0.1) is 0 Å². The van der Waals surface area contributed by atoms with E-state index in [9.17, 15) is 0 Å². The zero-order chi connectivity index (χ0) is 5.11. The van der Waals surface area contributed by atoms with Crippen LogP contribution in [-0.4, -0.2) is 64.7 Å². The SMILES string of the molecule is O[As]1[O][Sb][O][Sb][O]1. The first-order chi connectivity index (χ1) is 3.39. The molecule has 1 N–H and O–H groups in total. The van der Waals surface area contributed by atoms with Crippen molar-refractivity contribution in [3.8, 4) is 0 Å². The summed E-state index contributed by atoms with van der Waals surface area (Å²) in [5.74, 6) is 0. The van der Waals surface area contributed by atoms with Gasteiger partial charge in [0.05, 0.1) is 0 Å². The van der Waals surface area contributed by atoms with Gasteiger partial charge in [-0.05, 0) is 0 Å². The molecule has 1 saturated heterocycles. The van der Waals surface area contributed by atoms with Crippen molar-refractivity contribution in [1.29, 1.82) is 0 Å². The Kier molecular flexibility index (Phi) is 4.03. The van der Waals surface area contributed by atoms with Crippen molar-refractivity contribution in [2.75, 3.05) is 0 Å². The van der Waals surface area contributed by atoms with Crippen LogP contribution in [0.5, 0.6) is 0 Å². The van der Waals surface area contributed by atoms with E-state index in [1.165, 1.54) is 0 Å². The summed E-state index contributed by atoms with van der Waals surface area (Å²) >= 11 is -3.87. The molecule has 0 spiro atoms. The molecule has 1 rings (SSSR count). The Morgan fingerprint density at radius 1 is 1.29 bits per heavy atom. The molecule has 40 valence electrons. The molecular weight excluding hydrogens is 382 g/mol. The Labute approximate surface area is 69.1 Å². The standard InChI is InChI=1S/AsHO3.O.2Sb/c2-1(3)4;;;/h2H;;;/q-2;;2*+1. The predicted octanol–water partition coefficient (Wildman–Crippen LogP) is -1.90. The zero-order valence-corrected chi connectivity index (χ0v) is 10.00. The Balaban J connectivity index is 2.12. The second-order valence-electron chi connectivity index (χ2n) is 0.632. The van der Waals surface area contributed by atoms with E-state index in [1.807, 2.05) is 0 Å². The minimum absolute atomic E-state index is 0.865. The van der Waals surface area contributed by atoms with Crippen LogP contribution in [-0.2, 0) is 5.30 Å². The van der Waals surface area contributed by atoms with Gasteiger partial charge in [0.15, 0.2) is 0 Å². The fourth-order valence-corrected chi connectivity index (χ4v) is 13.1. The molecule has 1 heterocycles.